The van der Waals surface area contributed by atoms with Gasteiger partial charge < -0.3 is 20.3 Å². The molecule has 15 heteroatoms. The van der Waals surface area contributed by atoms with Crippen molar-refractivity contribution in [3.63, 3.8) is 0 Å². The van der Waals surface area contributed by atoms with Crippen molar-refractivity contribution < 1.29 is 45.7 Å². The number of alkyl halides is 6. The molecule has 8 nitrogen and oxygen atoms in total. The molecule has 0 spiro atoms. The zero-order valence-electron chi connectivity index (χ0n) is 18.4. The molecule has 1 aromatic heterocycles. The number of hydrogen-bond acceptors (Lipinski definition) is 8. The average molecular weight is 523 g/mol. The summed E-state index contributed by atoms with van der Waals surface area (Å²) < 4.78 is 83.6. The number of aliphatic carboxylic acids is 1. The molecule has 2 fully saturated rings. The first-order valence-electron chi connectivity index (χ1n) is 10.2. The summed E-state index contributed by atoms with van der Waals surface area (Å²) in [4.78, 5) is 12.8. The maximum absolute atomic E-state index is 12.6. The molecular weight excluding hydrogens is 494 g/mol. The molecule has 3 heterocycles. The summed E-state index contributed by atoms with van der Waals surface area (Å²) >= 11 is 1.45. The molecule has 0 amide bonds. The summed E-state index contributed by atoms with van der Waals surface area (Å²) in [5.74, 6) is -3.31. The Morgan fingerprint density at radius 3 is 2.35 bits per heavy atom. The van der Waals surface area contributed by atoms with Gasteiger partial charge in [-0.2, -0.15) is 26.3 Å². The molecule has 0 radical (unpaired) electrons. The largest absolute Gasteiger partial charge is 0.490 e. The van der Waals surface area contributed by atoms with Crippen LogP contribution in [0.4, 0.5) is 26.3 Å². The van der Waals surface area contributed by atoms with Crippen molar-refractivity contribution in [2.75, 3.05) is 46.5 Å². The van der Waals surface area contributed by atoms with Gasteiger partial charge in [-0.15, -0.1) is 0 Å². The lowest BCUT2D eigenvalue weighted by Crippen LogP contribution is -2.42. The Labute approximate surface area is 197 Å². The first-order chi connectivity index (χ1) is 15.9. The highest BCUT2D eigenvalue weighted by molar-refractivity contribution is 7.94. The molecule has 0 bridgehead atoms. The highest BCUT2D eigenvalue weighted by Gasteiger charge is 2.42. The topological polar surface area (TPSA) is 101 Å². The number of ether oxygens (including phenoxy) is 2. The molecule has 0 aromatic carbocycles. The van der Waals surface area contributed by atoms with E-state index in [4.69, 9.17) is 25.1 Å². The van der Waals surface area contributed by atoms with Gasteiger partial charge in [-0.05, 0) is 24.5 Å². The zero-order valence-corrected chi connectivity index (χ0v) is 19.3. The maximum Gasteiger partial charge on any atom is 0.490 e. The Balaban J connectivity index is 0.000000289. The third kappa shape index (κ3) is 12.1. The smallest absolute Gasteiger partial charge is 0.481 e. The van der Waals surface area contributed by atoms with Crippen LogP contribution < -0.4 is 10.5 Å². The molecule has 3 rings (SSSR count). The predicted molar refractivity (Wildman–Crippen MR) is 113 cm³/mol. The Bertz CT molecular complexity index is 716. The number of rotatable bonds is 4. The third-order valence-electron chi connectivity index (χ3n) is 4.53. The minimum absolute atomic E-state index is 0.117. The number of nitrogens with zero attached hydrogens (tertiary/aromatic N) is 3. The Kier molecular flexibility index (Phi) is 12.9. The van der Waals surface area contributed by atoms with Gasteiger partial charge in [-0.25, -0.2) is 18.4 Å². The fourth-order valence-electron chi connectivity index (χ4n) is 2.76. The van der Waals surface area contributed by atoms with Crippen LogP contribution >= 0.6 is 12.1 Å². The number of piperidine rings is 1. The monoisotopic (exact) mass is 522 g/mol. The number of nitrogens with two attached hydrogens (primary N) is 1. The van der Waals surface area contributed by atoms with Crippen molar-refractivity contribution in [1.29, 1.82) is 0 Å². The van der Waals surface area contributed by atoms with Crippen molar-refractivity contribution in [2.24, 2.45) is 11.7 Å². The van der Waals surface area contributed by atoms with Crippen molar-refractivity contribution in [3.8, 4) is 5.88 Å². The molecule has 1 atom stereocenters. The van der Waals surface area contributed by atoms with Gasteiger partial charge in [0, 0.05) is 57.1 Å². The summed E-state index contributed by atoms with van der Waals surface area (Å²) in [6, 6.07) is 3.68. The molecule has 2 saturated heterocycles. The van der Waals surface area contributed by atoms with Crippen LogP contribution in [0.1, 0.15) is 18.4 Å². The second-order valence-electron chi connectivity index (χ2n) is 7.11. The van der Waals surface area contributed by atoms with Crippen molar-refractivity contribution in [1.82, 2.24) is 13.6 Å². The first-order valence-corrected chi connectivity index (χ1v) is 10.9. The summed E-state index contributed by atoms with van der Waals surface area (Å²) in [5.41, 5.74) is 6.42. The molecule has 0 saturated carbocycles. The fourth-order valence-corrected chi connectivity index (χ4v) is 3.86. The van der Waals surface area contributed by atoms with Crippen LogP contribution in [0.15, 0.2) is 18.3 Å². The van der Waals surface area contributed by atoms with Gasteiger partial charge in [0.2, 0.25) is 5.88 Å². The lowest BCUT2D eigenvalue weighted by molar-refractivity contribution is -0.192. The predicted octanol–water partition coefficient (Wildman–Crippen LogP) is 3.34. The quantitative estimate of drug-likeness (QED) is 0.456. The molecule has 0 aliphatic carbocycles. The third-order valence-corrected chi connectivity index (χ3v) is 5.69. The van der Waals surface area contributed by atoms with E-state index in [-0.39, 0.29) is 13.0 Å². The standard InChI is InChI=1S/C10H17F3N2OS.C7H10N2O.C2HF3O2/c11-10(12,13)9-2-1-3-15(8-9)17-14-4-6-16-7-5-14;1-10-7-4-6(5-8)2-3-9-7;3-2(4,5)1(6)7/h9H,1-8H2;2-4H,5,8H2,1H3;(H,6,7). The van der Waals surface area contributed by atoms with Crippen molar-refractivity contribution in [2.45, 2.75) is 31.7 Å². The molecule has 2 aliphatic heterocycles. The number of pyridine rings is 1. The number of halogens is 6. The van der Waals surface area contributed by atoms with E-state index >= 15 is 0 Å². The number of methoxy groups -OCH3 is 1. The second-order valence-corrected chi connectivity index (χ2v) is 8.30. The van der Waals surface area contributed by atoms with Crippen LogP contribution in [0.3, 0.4) is 0 Å². The Morgan fingerprint density at radius 1 is 1.24 bits per heavy atom. The zero-order chi connectivity index (χ0) is 25.8. The molecular formula is C19H28F6N4O4S. The lowest BCUT2D eigenvalue weighted by Gasteiger charge is -2.36. The fraction of sp³-hybridized carbons (Fsp3) is 0.684. The number of morpholine rings is 1. The molecule has 196 valence electrons. The van der Waals surface area contributed by atoms with Gasteiger partial charge in [0.05, 0.1) is 26.2 Å². The summed E-state index contributed by atoms with van der Waals surface area (Å²) in [6.07, 6.45) is -6.56. The van der Waals surface area contributed by atoms with Crippen molar-refractivity contribution in [3.05, 3.63) is 23.9 Å². The number of carbonyl (C=O) groups is 1. The van der Waals surface area contributed by atoms with Crippen LogP contribution in [-0.4, -0.2) is 83.5 Å². The van der Waals surface area contributed by atoms with E-state index in [1.165, 1.54) is 12.1 Å². The average Bonchev–Trinajstić information content (AvgIpc) is 2.79. The normalized spacial score (nSPS) is 19.8. The second kappa shape index (κ2) is 14.6. The van der Waals surface area contributed by atoms with Gasteiger partial charge in [0.1, 0.15) is 0 Å². The highest BCUT2D eigenvalue weighted by atomic mass is 32.2. The van der Waals surface area contributed by atoms with Crippen LogP contribution in [0, 0.1) is 5.92 Å². The van der Waals surface area contributed by atoms with Gasteiger partial charge in [-0.3, -0.25) is 0 Å². The van der Waals surface area contributed by atoms with Crippen LogP contribution in [0.2, 0.25) is 0 Å². The highest BCUT2D eigenvalue weighted by Crippen LogP contribution is 2.35. The number of hydrogen-bond donors (Lipinski definition) is 2. The Morgan fingerprint density at radius 2 is 1.85 bits per heavy atom. The summed E-state index contributed by atoms with van der Waals surface area (Å²) in [7, 11) is 1.59. The van der Waals surface area contributed by atoms with Gasteiger partial charge in [-0.1, -0.05) is 0 Å². The van der Waals surface area contributed by atoms with E-state index in [1.54, 1.807) is 13.3 Å². The molecule has 1 unspecified atom stereocenters. The minimum Gasteiger partial charge on any atom is -0.481 e. The maximum atomic E-state index is 12.6. The summed E-state index contributed by atoms with van der Waals surface area (Å²) in [6.45, 7) is 4.31. The van der Waals surface area contributed by atoms with E-state index in [0.717, 1.165) is 25.2 Å². The number of carboxylic acid groups (broad SMARTS) is 1. The lowest BCUT2D eigenvalue weighted by atomic mass is 9.99. The Hall–Kier alpha value is -1.81. The van der Waals surface area contributed by atoms with Gasteiger partial charge in [0.15, 0.2) is 0 Å². The number of carboxylic acids is 1. The summed E-state index contributed by atoms with van der Waals surface area (Å²) in [5, 5.41) is 7.12. The molecule has 34 heavy (non-hydrogen) atoms. The van der Waals surface area contributed by atoms with Crippen LogP contribution in [0.25, 0.3) is 0 Å². The molecule has 2 aliphatic rings. The van der Waals surface area contributed by atoms with E-state index < -0.39 is 24.2 Å². The molecule has 3 N–H and O–H groups in total. The SMILES string of the molecule is COc1cc(CN)ccn1.FC(F)(F)C1CCCN(SN2CCOCC2)C1.O=C(O)C(F)(F)F. The van der Waals surface area contributed by atoms with Crippen LogP contribution in [-0.2, 0) is 16.1 Å². The van der Waals surface area contributed by atoms with E-state index in [1.807, 2.05) is 16.4 Å². The van der Waals surface area contributed by atoms with Gasteiger partial charge >= 0.3 is 18.3 Å². The van der Waals surface area contributed by atoms with E-state index in [2.05, 4.69) is 9.29 Å². The van der Waals surface area contributed by atoms with Crippen molar-refractivity contribution >= 4 is 18.1 Å². The van der Waals surface area contributed by atoms with Crippen LogP contribution in [0.5, 0.6) is 5.88 Å². The molecule has 1 aromatic rings. The van der Waals surface area contributed by atoms with E-state index in [0.29, 0.717) is 32.1 Å². The minimum atomic E-state index is -5.08. The van der Waals surface area contributed by atoms with Gasteiger partial charge in [0.25, 0.3) is 0 Å². The number of aromatic nitrogens is 1. The van der Waals surface area contributed by atoms with E-state index in [9.17, 15) is 26.3 Å². The first kappa shape index (κ1) is 30.2.